The van der Waals surface area contributed by atoms with Crippen LogP contribution in [0.1, 0.15) is 36.5 Å². The molecule has 4 aromatic rings. The van der Waals surface area contributed by atoms with Crippen molar-refractivity contribution >= 4 is 33.3 Å². The number of thiazole rings is 1. The van der Waals surface area contributed by atoms with Crippen molar-refractivity contribution in [3.05, 3.63) is 76.0 Å². The Morgan fingerprint density at radius 1 is 1.13 bits per heavy atom. The molecular formula is C24H22N2O4S. The van der Waals surface area contributed by atoms with Crippen LogP contribution in [-0.2, 0) is 0 Å². The Hall–Kier alpha value is -3.45. The second-order valence-electron chi connectivity index (χ2n) is 7.06. The second-order valence-corrected chi connectivity index (χ2v) is 7.92. The van der Waals surface area contributed by atoms with Crippen molar-refractivity contribution < 1.29 is 13.9 Å². The number of anilines is 1. The zero-order valence-corrected chi connectivity index (χ0v) is 17.9. The SMILES string of the molecule is CCCCCOc1cccc(C(=O)Nc2nc(-c3cc4ccccc4oc3=O)cs2)c1. The van der Waals surface area contributed by atoms with Crippen LogP contribution in [0.5, 0.6) is 5.75 Å². The summed E-state index contributed by atoms with van der Waals surface area (Å²) in [6, 6.07) is 16.1. The Morgan fingerprint density at radius 3 is 2.87 bits per heavy atom. The lowest BCUT2D eigenvalue weighted by Crippen LogP contribution is -2.12. The minimum atomic E-state index is -0.463. The molecule has 1 amide bonds. The van der Waals surface area contributed by atoms with Gasteiger partial charge in [-0.05, 0) is 36.8 Å². The van der Waals surface area contributed by atoms with Gasteiger partial charge in [-0.15, -0.1) is 11.3 Å². The number of hydrogen-bond acceptors (Lipinski definition) is 6. The molecule has 4 rings (SSSR count). The predicted octanol–water partition coefficient (Wildman–Crippen LogP) is 5.74. The largest absolute Gasteiger partial charge is 0.494 e. The molecule has 0 saturated carbocycles. The molecule has 0 aliphatic carbocycles. The molecule has 158 valence electrons. The van der Waals surface area contributed by atoms with Crippen molar-refractivity contribution in [3.8, 4) is 17.0 Å². The molecule has 0 atom stereocenters. The molecule has 0 unspecified atom stereocenters. The number of nitrogens with zero attached hydrogens (tertiary/aromatic N) is 1. The van der Waals surface area contributed by atoms with E-state index in [2.05, 4.69) is 17.2 Å². The van der Waals surface area contributed by atoms with Crippen LogP contribution in [0.2, 0.25) is 0 Å². The van der Waals surface area contributed by atoms with Gasteiger partial charge in [0.15, 0.2) is 5.13 Å². The monoisotopic (exact) mass is 434 g/mol. The lowest BCUT2D eigenvalue weighted by Gasteiger charge is -2.07. The van der Waals surface area contributed by atoms with Crippen molar-refractivity contribution in [2.24, 2.45) is 0 Å². The maximum absolute atomic E-state index is 12.6. The summed E-state index contributed by atoms with van der Waals surface area (Å²) in [6.45, 7) is 2.77. The van der Waals surface area contributed by atoms with Crippen LogP contribution in [0.25, 0.3) is 22.2 Å². The number of aromatic nitrogens is 1. The van der Waals surface area contributed by atoms with E-state index < -0.39 is 5.63 Å². The second kappa shape index (κ2) is 9.57. The van der Waals surface area contributed by atoms with E-state index in [1.165, 1.54) is 11.3 Å². The van der Waals surface area contributed by atoms with Crippen LogP contribution < -0.4 is 15.7 Å². The minimum absolute atomic E-state index is 0.287. The Kier molecular flexibility index (Phi) is 6.43. The molecule has 2 aromatic carbocycles. The van der Waals surface area contributed by atoms with Crippen LogP contribution in [-0.4, -0.2) is 17.5 Å². The van der Waals surface area contributed by atoms with Crippen LogP contribution in [0.3, 0.4) is 0 Å². The number of ether oxygens (including phenoxy) is 1. The maximum Gasteiger partial charge on any atom is 0.345 e. The van der Waals surface area contributed by atoms with Gasteiger partial charge in [-0.2, -0.15) is 0 Å². The van der Waals surface area contributed by atoms with Crippen LogP contribution >= 0.6 is 11.3 Å². The number of carbonyl (C=O) groups is 1. The van der Waals surface area contributed by atoms with Gasteiger partial charge in [0.05, 0.1) is 17.9 Å². The van der Waals surface area contributed by atoms with E-state index in [1.54, 1.807) is 35.7 Å². The van der Waals surface area contributed by atoms with Gasteiger partial charge < -0.3 is 9.15 Å². The molecule has 0 radical (unpaired) electrons. The van der Waals surface area contributed by atoms with E-state index in [-0.39, 0.29) is 5.91 Å². The molecule has 6 nitrogen and oxygen atoms in total. The minimum Gasteiger partial charge on any atom is -0.494 e. The average Bonchev–Trinajstić information content (AvgIpc) is 3.24. The zero-order valence-electron chi connectivity index (χ0n) is 17.1. The van der Waals surface area contributed by atoms with Gasteiger partial charge in [-0.3, -0.25) is 10.1 Å². The van der Waals surface area contributed by atoms with Gasteiger partial charge >= 0.3 is 5.63 Å². The molecule has 0 aliphatic rings. The maximum atomic E-state index is 12.6. The number of nitrogens with one attached hydrogen (secondary N) is 1. The number of para-hydroxylation sites is 1. The summed E-state index contributed by atoms with van der Waals surface area (Å²) in [5.74, 6) is 0.378. The average molecular weight is 435 g/mol. The highest BCUT2D eigenvalue weighted by Crippen LogP contribution is 2.26. The van der Waals surface area contributed by atoms with Gasteiger partial charge in [0, 0.05) is 16.3 Å². The van der Waals surface area contributed by atoms with Crippen molar-refractivity contribution in [3.63, 3.8) is 0 Å². The van der Waals surface area contributed by atoms with Crippen molar-refractivity contribution in [1.29, 1.82) is 0 Å². The molecule has 31 heavy (non-hydrogen) atoms. The summed E-state index contributed by atoms with van der Waals surface area (Å²) in [7, 11) is 0. The number of amides is 1. The fraction of sp³-hybridized carbons (Fsp3) is 0.208. The van der Waals surface area contributed by atoms with E-state index in [0.29, 0.717) is 39.9 Å². The quantitative estimate of drug-likeness (QED) is 0.283. The van der Waals surface area contributed by atoms with E-state index in [0.717, 1.165) is 24.6 Å². The standard InChI is InChI=1S/C24H22N2O4S/c1-2-3-6-12-29-18-10-7-9-17(13-18)22(27)26-24-25-20(15-31-24)19-14-16-8-4-5-11-21(16)30-23(19)28/h4-5,7-11,13-15H,2-3,6,12H2,1H3,(H,25,26,27). The van der Waals surface area contributed by atoms with E-state index in [4.69, 9.17) is 9.15 Å². The summed E-state index contributed by atoms with van der Waals surface area (Å²) in [5, 5.41) is 5.73. The first kappa shape index (κ1) is 20.8. The molecule has 0 fully saturated rings. The molecule has 0 spiro atoms. The Morgan fingerprint density at radius 2 is 2.00 bits per heavy atom. The molecule has 0 aliphatic heterocycles. The third kappa shape index (κ3) is 5.00. The molecule has 1 N–H and O–H groups in total. The molecule has 2 heterocycles. The number of unbranched alkanes of at least 4 members (excludes halogenated alkanes) is 2. The Balaban J connectivity index is 1.47. The Bertz CT molecular complexity index is 1260. The summed E-state index contributed by atoms with van der Waals surface area (Å²) in [6.07, 6.45) is 3.22. The topological polar surface area (TPSA) is 81.4 Å². The van der Waals surface area contributed by atoms with Crippen molar-refractivity contribution in [2.45, 2.75) is 26.2 Å². The Labute approximate surface area is 183 Å². The molecular weight excluding hydrogens is 412 g/mol. The van der Waals surface area contributed by atoms with Crippen LogP contribution in [0.15, 0.2) is 69.2 Å². The van der Waals surface area contributed by atoms with Gasteiger partial charge in [0.2, 0.25) is 0 Å². The van der Waals surface area contributed by atoms with Crippen molar-refractivity contribution in [1.82, 2.24) is 4.98 Å². The molecule has 0 bridgehead atoms. The van der Waals surface area contributed by atoms with Crippen molar-refractivity contribution in [2.75, 3.05) is 11.9 Å². The number of rotatable bonds is 8. The number of benzene rings is 2. The lowest BCUT2D eigenvalue weighted by atomic mass is 10.1. The zero-order chi connectivity index (χ0) is 21.6. The molecule has 2 aromatic heterocycles. The highest BCUT2D eigenvalue weighted by molar-refractivity contribution is 7.14. The first-order chi connectivity index (χ1) is 15.1. The third-order valence-corrected chi connectivity index (χ3v) is 5.51. The summed E-state index contributed by atoms with van der Waals surface area (Å²) < 4.78 is 11.1. The summed E-state index contributed by atoms with van der Waals surface area (Å²) >= 11 is 1.25. The van der Waals surface area contributed by atoms with E-state index in [1.807, 2.05) is 24.3 Å². The normalized spacial score (nSPS) is 10.9. The fourth-order valence-electron chi connectivity index (χ4n) is 3.13. The lowest BCUT2D eigenvalue weighted by molar-refractivity contribution is 0.102. The number of carbonyl (C=O) groups excluding carboxylic acids is 1. The predicted molar refractivity (Wildman–Crippen MR) is 123 cm³/mol. The summed E-state index contributed by atoms with van der Waals surface area (Å²) in [5.41, 5.74) is 1.37. The first-order valence-electron chi connectivity index (χ1n) is 10.2. The highest BCUT2D eigenvalue weighted by Gasteiger charge is 2.14. The van der Waals surface area contributed by atoms with Gasteiger partial charge in [-0.25, -0.2) is 9.78 Å². The van der Waals surface area contributed by atoms with Crippen LogP contribution in [0, 0.1) is 0 Å². The van der Waals surface area contributed by atoms with Crippen LogP contribution in [0.4, 0.5) is 5.13 Å². The molecule has 7 heteroatoms. The number of hydrogen-bond donors (Lipinski definition) is 1. The van der Waals surface area contributed by atoms with E-state index >= 15 is 0 Å². The van der Waals surface area contributed by atoms with Gasteiger partial charge in [0.1, 0.15) is 11.3 Å². The molecule has 0 saturated heterocycles. The highest BCUT2D eigenvalue weighted by atomic mass is 32.1. The number of fused-ring (bicyclic) bond motifs is 1. The summed E-state index contributed by atoms with van der Waals surface area (Å²) in [4.78, 5) is 29.4. The third-order valence-electron chi connectivity index (χ3n) is 4.75. The van der Waals surface area contributed by atoms with E-state index in [9.17, 15) is 9.59 Å². The smallest absolute Gasteiger partial charge is 0.345 e. The first-order valence-corrected chi connectivity index (χ1v) is 11.0. The van der Waals surface area contributed by atoms with Gasteiger partial charge in [0.25, 0.3) is 5.91 Å². The fourth-order valence-corrected chi connectivity index (χ4v) is 3.84. The van der Waals surface area contributed by atoms with Gasteiger partial charge in [-0.1, -0.05) is 44.0 Å².